The lowest BCUT2D eigenvalue weighted by molar-refractivity contribution is -0.147. The van der Waals surface area contributed by atoms with Crippen molar-refractivity contribution in [2.75, 3.05) is 5.75 Å². The number of aromatic nitrogens is 4. The molecule has 1 saturated heterocycles. The number of β-lactam (4-membered cyclic amide) rings is 1. The number of nitrogens with zero attached hydrogens (tertiary/aromatic N) is 5. The highest BCUT2D eigenvalue weighted by atomic mass is 32.2. The third-order valence-corrected chi connectivity index (χ3v) is 4.52. The van der Waals surface area contributed by atoms with Crippen LogP contribution in [0.5, 0.6) is 0 Å². The molecule has 110 valence electrons. The number of thioether (sulfide) groups is 1. The van der Waals surface area contributed by atoms with Gasteiger partial charge in [0.2, 0.25) is 5.91 Å². The minimum absolute atomic E-state index is 0.0226. The molecule has 3 heterocycles. The van der Waals surface area contributed by atoms with E-state index >= 15 is 0 Å². The number of allylic oxidation sites excluding steroid dienone is 1. The number of carboxylic acid groups (broad SMARTS) is 1. The first-order valence-electron chi connectivity index (χ1n) is 6.08. The molecule has 1 aromatic heterocycles. The highest BCUT2D eigenvalue weighted by Crippen LogP contribution is 2.39. The molecule has 3 rings (SSSR count). The highest BCUT2D eigenvalue weighted by molar-refractivity contribution is 8.00. The zero-order valence-corrected chi connectivity index (χ0v) is 11.8. The van der Waals surface area contributed by atoms with Gasteiger partial charge in [-0.2, -0.15) is 4.80 Å². The fraction of sp³-hybridized carbons (Fsp3) is 0.364. The highest BCUT2D eigenvalue weighted by Gasteiger charge is 2.51. The second-order valence-electron chi connectivity index (χ2n) is 4.59. The SMILES string of the molecule is Cn1nnc(C=CC2=C(C(=O)O)N3C(=O)[C@@H](N)[C@@H]3SC2)n1. The molecule has 2 aliphatic heterocycles. The summed E-state index contributed by atoms with van der Waals surface area (Å²) >= 11 is 1.44. The van der Waals surface area contributed by atoms with Gasteiger partial charge >= 0.3 is 5.97 Å². The number of nitrogens with two attached hydrogens (primary N) is 1. The fourth-order valence-corrected chi connectivity index (χ4v) is 3.47. The normalized spacial score (nSPS) is 25.2. The molecule has 2 atom stereocenters. The van der Waals surface area contributed by atoms with Crippen LogP contribution in [0.2, 0.25) is 0 Å². The molecule has 0 bridgehead atoms. The summed E-state index contributed by atoms with van der Waals surface area (Å²) in [5.41, 5.74) is 6.18. The topological polar surface area (TPSA) is 127 Å². The van der Waals surface area contributed by atoms with Gasteiger partial charge in [-0.15, -0.1) is 22.0 Å². The number of aryl methyl sites for hydroxylation is 1. The van der Waals surface area contributed by atoms with Crippen molar-refractivity contribution in [3.8, 4) is 0 Å². The Morgan fingerprint density at radius 3 is 2.90 bits per heavy atom. The number of carbonyl (C=O) groups is 2. The van der Waals surface area contributed by atoms with Gasteiger partial charge in [-0.1, -0.05) is 6.08 Å². The Bertz CT molecular complexity index is 681. The van der Waals surface area contributed by atoms with Crippen molar-refractivity contribution < 1.29 is 14.7 Å². The van der Waals surface area contributed by atoms with Gasteiger partial charge in [-0.25, -0.2) is 4.79 Å². The van der Waals surface area contributed by atoms with E-state index in [-0.39, 0.29) is 17.0 Å². The average molecular weight is 308 g/mol. The third-order valence-electron chi connectivity index (χ3n) is 3.20. The fourth-order valence-electron chi connectivity index (χ4n) is 2.21. The monoisotopic (exact) mass is 308 g/mol. The molecule has 0 spiro atoms. The maximum absolute atomic E-state index is 11.8. The number of carboxylic acids is 1. The number of carbonyl (C=O) groups excluding carboxylic acids is 1. The number of amides is 1. The Hall–Kier alpha value is -2.20. The van der Waals surface area contributed by atoms with Gasteiger partial charge in [-0.3, -0.25) is 9.69 Å². The van der Waals surface area contributed by atoms with E-state index in [2.05, 4.69) is 15.4 Å². The van der Waals surface area contributed by atoms with Crippen LogP contribution in [0.25, 0.3) is 6.08 Å². The molecule has 0 radical (unpaired) electrons. The van der Waals surface area contributed by atoms with Gasteiger partial charge in [0.1, 0.15) is 17.1 Å². The van der Waals surface area contributed by atoms with E-state index in [0.29, 0.717) is 17.2 Å². The molecule has 3 N–H and O–H groups in total. The number of fused-ring (bicyclic) bond motifs is 1. The van der Waals surface area contributed by atoms with E-state index in [9.17, 15) is 14.7 Å². The van der Waals surface area contributed by atoms with Gasteiger partial charge < -0.3 is 10.8 Å². The van der Waals surface area contributed by atoms with Crippen molar-refractivity contribution in [1.82, 2.24) is 25.1 Å². The molecule has 9 nitrogen and oxygen atoms in total. The predicted molar refractivity (Wildman–Crippen MR) is 73.6 cm³/mol. The number of tetrazole rings is 1. The summed E-state index contributed by atoms with van der Waals surface area (Å²) in [4.78, 5) is 25.7. The maximum atomic E-state index is 11.8. The van der Waals surface area contributed by atoms with Crippen molar-refractivity contribution >= 4 is 29.7 Å². The lowest BCUT2D eigenvalue weighted by Gasteiger charge is -2.47. The smallest absolute Gasteiger partial charge is 0.352 e. The van der Waals surface area contributed by atoms with E-state index in [4.69, 9.17) is 5.73 Å². The Morgan fingerprint density at radius 2 is 2.29 bits per heavy atom. The zero-order valence-electron chi connectivity index (χ0n) is 11.0. The van der Waals surface area contributed by atoms with E-state index in [1.807, 2.05) is 0 Å². The number of hydrogen-bond acceptors (Lipinski definition) is 7. The number of aliphatic carboxylic acids is 1. The van der Waals surface area contributed by atoms with Crippen LogP contribution in [0.4, 0.5) is 0 Å². The van der Waals surface area contributed by atoms with Gasteiger partial charge in [0.05, 0.1) is 7.05 Å². The van der Waals surface area contributed by atoms with Gasteiger partial charge in [0.15, 0.2) is 5.82 Å². The zero-order chi connectivity index (χ0) is 15.1. The largest absolute Gasteiger partial charge is 0.477 e. The standard InChI is InChI=1S/C11H12N6O3S/c1-16-14-6(13-15-16)3-2-5-4-21-10-7(12)9(18)17(10)8(5)11(19)20/h2-3,7,10H,4,12H2,1H3,(H,19,20)/t7-,10+/m1/s1. The molecule has 1 aromatic rings. The molecule has 1 fully saturated rings. The van der Waals surface area contributed by atoms with Crippen molar-refractivity contribution in [2.24, 2.45) is 12.8 Å². The van der Waals surface area contributed by atoms with Crippen LogP contribution in [-0.4, -0.2) is 59.3 Å². The summed E-state index contributed by atoms with van der Waals surface area (Å²) in [6.07, 6.45) is 3.16. The summed E-state index contributed by atoms with van der Waals surface area (Å²) in [6.45, 7) is 0. The minimum Gasteiger partial charge on any atom is -0.477 e. The quantitative estimate of drug-likeness (QED) is 0.667. The van der Waals surface area contributed by atoms with Gasteiger partial charge in [-0.05, 0) is 16.9 Å². The minimum atomic E-state index is -1.15. The predicted octanol–water partition coefficient (Wildman–Crippen LogP) is -1.20. The summed E-state index contributed by atoms with van der Waals surface area (Å²) in [5.74, 6) is -0.686. The first-order chi connectivity index (χ1) is 9.99. The summed E-state index contributed by atoms with van der Waals surface area (Å²) in [7, 11) is 1.63. The van der Waals surface area contributed by atoms with Crippen molar-refractivity contribution in [1.29, 1.82) is 0 Å². The summed E-state index contributed by atoms with van der Waals surface area (Å²) < 4.78 is 0. The van der Waals surface area contributed by atoms with E-state index in [1.165, 1.54) is 21.5 Å². The van der Waals surface area contributed by atoms with E-state index in [0.717, 1.165) is 0 Å². The van der Waals surface area contributed by atoms with Crippen LogP contribution in [0.1, 0.15) is 5.82 Å². The molecule has 0 saturated carbocycles. The van der Waals surface area contributed by atoms with Crippen LogP contribution in [0.3, 0.4) is 0 Å². The van der Waals surface area contributed by atoms with Crippen LogP contribution in [0.15, 0.2) is 17.3 Å². The summed E-state index contributed by atoms with van der Waals surface area (Å²) in [5, 5.41) is 20.5. The Kier molecular flexibility index (Phi) is 3.26. The molecule has 0 unspecified atom stereocenters. The van der Waals surface area contributed by atoms with Crippen LogP contribution in [-0.2, 0) is 16.6 Å². The molecule has 0 aliphatic carbocycles. The lowest BCUT2D eigenvalue weighted by Crippen LogP contribution is -2.68. The average Bonchev–Trinajstić information content (AvgIpc) is 2.88. The first-order valence-corrected chi connectivity index (χ1v) is 7.12. The van der Waals surface area contributed by atoms with Crippen LogP contribution >= 0.6 is 11.8 Å². The first kappa shape index (κ1) is 13.8. The molecule has 0 aromatic carbocycles. The van der Waals surface area contributed by atoms with Gasteiger partial charge in [0, 0.05) is 5.75 Å². The molecule has 1 amide bonds. The van der Waals surface area contributed by atoms with Crippen molar-refractivity contribution in [2.45, 2.75) is 11.4 Å². The number of rotatable bonds is 3. The maximum Gasteiger partial charge on any atom is 0.352 e. The molecule has 21 heavy (non-hydrogen) atoms. The second kappa shape index (κ2) is 4.97. The Balaban J connectivity index is 1.93. The third kappa shape index (κ3) is 2.21. The second-order valence-corrected chi connectivity index (χ2v) is 5.69. The Labute approximate surface area is 123 Å². The van der Waals surface area contributed by atoms with Crippen LogP contribution < -0.4 is 5.73 Å². The van der Waals surface area contributed by atoms with E-state index in [1.54, 1.807) is 19.2 Å². The van der Waals surface area contributed by atoms with Gasteiger partial charge in [0.25, 0.3) is 0 Å². The van der Waals surface area contributed by atoms with E-state index < -0.39 is 12.0 Å². The molecule has 10 heteroatoms. The Morgan fingerprint density at radius 1 is 1.52 bits per heavy atom. The molecular weight excluding hydrogens is 296 g/mol. The van der Waals surface area contributed by atoms with Crippen molar-refractivity contribution in [3.05, 3.63) is 23.2 Å². The molecule has 2 aliphatic rings. The number of hydrogen-bond donors (Lipinski definition) is 2. The van der Waals surface area contributed by atoms with Crippen LogP contribution in [0, 0.1) is 0 Å². The summed E-state index contributed by atoms with van der Waals surface area (Å²) in [6, 6.07) is -0.628. The van der Waals surface area contributed by atoms with Crippen molar-refractivity contribution in [3.63, 3.8) is 0 Å². The molecular formula is C11H12N6O3S. The lowest BCUT2D eigenvalue weighted by atomic mass is 10.0.